The Morgan fingerprint density at radius 1 is 0.564 bits per heavy atom. The summed E-state index contributed by atoms with van der Waals surface area (Å²) in [5, 5.41) is 8.93. The number of carbonyl (C=O) groups is 1. The van der Waals surface area contributed by atoms with E-state index in [4.69, 9.17) is 5.11 Å². The first-order chi connectivity index (χ1) is 17.0. The zero-order valence-corrected chi connectivity index (χ0v) is 17.3. The number of alkyl halides is 17. The van der Waals surface area contributed by atoms with Crippen molar-refractivity contribution in [2.75, 3.05) is 0 Å². The standard InChI is InChI=1S/C17H5F19O3/c18-7(8(19)39-9(38)5-1-3-6(37)4-2-5)10(20,21)11(22,23)12(24,25)13(26,27)14(28,29)15(30,31)16(32,33)17(34,35)36/h1-4,37H. The Hall–Kier alpha value is -3.10. The van der Waals surface area contributed by atoms with E-state index in [2.05, 4.69) is 4.74 Å². The predicted octanol–water partition coefficient (Wildman–Crippen LogP) is 7.67. The molecule has 0 unspecified atom stereocenters. The molecule has 0 bridgehead atoms. The van der Waals surface area contributed by atoms with Gasteiger partial charge < -0.3 is 9.84 Å². The molecule has 0 amide bonds. The fraction of sp³-hybridized carbons (Fsp3) is 0.471. The topological polar surface area (TPSA) is 46.5 Å². The summed E-state index contributed by atoms with van der Waals surface area (Å²) in [7, 11) is 0. The summed E-state index contributed by atoms with van der Waals surface area (Å²) < 4.78 is 253. The third-order valence-electron chi connectivity index (χ3n) is 4.46. The van der Waals surface area contributed by atoms with Crippen LogP contribution in [0, 0.1) is 0 Å². The first kappa shape index (κ1) is 33.9. The number of aromatic hydroxyl groups is 1. The highest BCUT2D eigenvalue weighted by Crippen LogP contribution is 2.64. The van der Waals surface area contributed by atoms with E-state index in [1.54, 1.807) is 0 Å². The van der Waals surface area contributed by atoms with Crippen LogP contribution < -0.4 is 0 Å². The molecule has 1 rings (SSSR count). The van der Waals surface area contributed by atoms with Crippen molar-refractivity contribution in [3.8, 4) is 5.75 Å². The molecule has 0 aliphatic carbocycles. The number of carbonyl (C=O) groups excluding carboxylic acids is 1. The average molecular weight is 618 g/mol. The highest BCUT2D eigenvalue weighted by Gasteiger charge is 2.95. The summed E-state index contributed by atoms with van der Waals surface area (Å²) in [5.74, 6) is -68.1. The number of rotatable bonds is 9. The maximum atomic E-state index is 13.7. The molecular weight excluding hydrogens is 613 g/mol. The minimum Gasteiger partial charge on any atom is -0.508 e. The Bertz CT molecular complexity index is 1100. The molecule has 22 heteroatoms. The van der Waals surface area contributed by atoms with Crippen molar-refractivity contribution in [1.82, 2.24) is 0 Å². The zero-order chi connectivity index (χ0) is 31.4. The SMILES string of the molecule is O=C(OC(F)=C(F)C(F)(F)C(F)(F)C(F)(F)C(F)(F)C(F)(F)C(F)(F)C(F)(F)C(F)(F)F)c1ccc(O)cc1. The van der Waals surface area contributed by atoms with Crippen LogP contribution in [-0.4, -0.2) is 58.7 Å². The maximum absolute atomic E-state index is 13.7. The summed E-state index contributed by atoms with van der Waals surface area (Å²) in [4.78, 5) is 11.4. The van der Waals surface area contributed by atoms with Gasteiger partial charge in [0, 0.05) is 0 Å². The Labute approximate surface area is 200 Å². The number of esters is 1. The van der Waals surface area contributed by atoms with Gasteiger partial charge in [-0.15, -0.1) is 0 Å². The summed E-state index contributed by atoms with van der Waals surface area (Å²) in [5.41, 5.74) is -1.03. The van der Waals surface area contributed by atoms with Gasteiger partial charge in [-0.3, -0.25) is 0 Å². The molecule has 0 spiro atoms. The highest BCUT2D eigenvalue weighted by atomic mass is 19.4. The minimum atomic E-state index is -9.00. The summed E-state index contributed by atoms with van der Waals surface area (Å²) in [6.45, 7) is 0. The van der Waals surface area contributed by atoms with Crippen LogP contribution in [0.4, 0.5) is 83.4 Å². The number of benzene rings is 1. The van der Waals surface area contributed by atoms with E-state index in [0.29, 0.717) is 24.3 Å². The lowest BCUT2D eigenvalue weighted by atomic mass is 9.88. The molecule has 1 N–H and O–H groups in total. The van der Waals surface area contributed by atoms with Gasteiger partial charge in [0.1, 0.15) is 5.75 Å². The third-order valence-corrected chi connectivity index (χ3v) is 4.46. The number of phenols is 1. The van der Waals surface area contributed by atoms with Gasteiger partial charge in [-0.1, -0.05) is 0 Å². The first-order valence-corrected chi connectivity index (χ1v) is 8.75. The Balaban J connectivity index is 3.61. The van der Waals surface area contributed by atoms with E-state index in [1.807, 2.05) is 0 Å². The van der Waals surface area contributed by atoms with E-state index < -0.39 is 76.8 Å². The van der Waals surface area contributed by atoms with Gasteiger partial charge >= 0.3 is 59.6 Å². The molecule has 0 aliphatic heterocycles. The largest absolute Gasteiger partial charge is 0.508 e. The lowest BCUT2D eigenvalue weighted by Crippen LogP contribution is -2.74. The second-order valence-electron chi connectivity index (χ2n) is 7.04. The van der Waals surface area contributed by atoms with Gasteiger partial charge in [-0.05, 0) is 24.3 Å². The van der Waals surface area contributed by atoms with Crippen molar-refractivity contribution in [3.05, 3.63) is 41.7 Å². The number of ether oxygens (including phenoxy) is 1. The molecule has 1 aromatic carbocycles. The monoisotopic (exact) mass is 618 g/mol. The Morgan fingerprint density at radius 2 is 0.897 bits per heavy atom. The van der Waals surface area contributed by atoms with E-state index in [0.717, 1.165) is 0 Å². The Kier molecular flexibility index (Phi) is 8.28. The van der Waals surface area contributed by atoms with E-state index in [9.17, 15) is 88.2 Å². The summed E-state index contributed by atoms with van der Waals surface area (Å²) in [6, 6.07) is -1.89. The van der Waals surface area contributed by atoms with Crippen LogP contribution in [0.3, 0.4) is 0 Å². The van der Waals surface area contributed by atoms with Crippen molar-refractivity contribution >= 4 is 5.97 Å². The second-order valence-corrected chi connectivity index (χ2v) is 7.04. The van der Waals surface area contributed by atoms with Crippen LogP contribution in [0.2, 0.25) is 0 Å². The highest BCUT2D eigenvalue weighted by molar-refractivity contribution is 5.90. The van der Waals surface area contributed by atoms with Gasteiger partial charge in [0.2, 0.25) is 5.83 Å². The van der Waals surface area contributed by atoms with Gasteiger partial charge in [0.05, 0.1) is 5.56 Å². The normalized spacial score (nSPS) is 15.7. The van der Waals surface area contributed by atoms with Crippen LogP contribution >= 0.6 is 0 Å². The van der Waals surface area contributed by atoms with Crippen molar-refractivity contribution in [3.63, 3.8) is 0 Å². The maximum Gasteiger partial charge on any atom is 0.460 e. The zero-order valence-electron chi connectivity index (χ0n) is 17.3. The van der Waals surface area contributed by atoms with E-state index in [-0.39, 0.29) is 0 Å². The third kappa shape index (κ3) is 4.89. The van der Waals surface area contributed by atoms with Gasteiger partial charge in [-0.25, -0.2) is 4.79 Å². The summed E-state index contributed by atoms with van der Waals surface area (Å²) >= 11 is 0. The molecular formula is C17H5F19O3. The van der Waals surface area contributed by atoms with Crippen LogP contribution in [0.1, 0.15) is 10.4 Å². The fourth-order valence-corrected chi connectivity index (χ4v) is 2.21. The van der Waals surface area contributed by atoms with Crippen LogP contribution in [0.15, 0.2) is 36.1 Å². The molecule has 39 heavy (non-hydrogen) atoms. The molecule has 3 nitrogen and oxygen atoms in total. The first-order valence-electron chi connectivity index (χ1n) is 8.75. The average Bonchev–Trinajstić information content (AvgIpc) is 2.77. The van der Waals surface area contributed by atoms with Crippen LogP contribution in [0.5, 0.6) is 5.75 Å². The fourth-order valence-electron chi connectivity index (χ4n) is 2.21. The number of allylic oxidation sites excluding steroid dienone is 1. The van der Waals surface area contributed by atoms with Crippen LogP contribution in [-0.2, 0) is 4.74 Å². The van der Waals surface area contributed by atoms with E-state index >= 15 is 0 Å². The quantitative estimate of drug-likeness (QED) is 0.176. The second kappa shape index (κ2) is 9.52. The van der Waals surface area contributed by atoms with Crippen molar-refractivity contribution in [2.24, 2.45) is 0 Å². The van der Waals surface area contributed by atoms with Gasteiger partial charge in [0.25, 0.3) is 0 Å². The molecule has 0 saturated carbocycles. The smallest absolute Gasteiger partial charge is 0.460 e. The minimum absolute atomic E-state index is 0.448. The van der Waals surface area contributed by atoms with Crippen molar-refractivity contribution in [2.45, 2.75) is 47.6 Å². The molecule has 1 aromatic rings. The van der Waals surface area contributed by atoms with E-state index in [1.165, 1.54) is 0 Å². The molecule has 0 saturated heterocycles. The molecule has 224 valence electrons. The predicted molar refractivity (Wildman–Crippen MR) is 83.4 cm³/mol. The lowest BCUT2D eigenvalue weighted by Gasteiger charge is -2.42. The molecule has 0 aromatic heterocycles. The van der Waals surface area contributed by atoms with Gasteiger partial charge in [0.15, 0.2) is 0 Å². The lowest BCUT2D eigenvalue weighted by molar-refractivity contribution is -0.460. The van der Waals surface area contributed by atoms with Crippen LogP contribution in [0.25, 0.3) is 0 Å². The van der Waals surface area contributed by atoms with Gasteiger partial charge in [-0.2, -0.15) is 83.4 Å². The number of hydrogen-bond donors (Lipinski definition) is 1. The number of hydrogen-bond acceptors (Lipinski definition) is 3. The van der Waals surface area contributed by atoms with Crippen molar-refractivity contribution in [1.29, 1.82) is 0 Å². The molecule has 0 radical (unpaired) electrons. The number of halogens is 19. The summed E-state index contributed by atoms with van der Waals surface area (Å²) in [6.07, 6.45) is -7.95. The molecule has 0 heterocycles. The van der Waals surface area contributed by atoms with Crippen molar-refractivity contribution < 1.29 is 98.1 Å². The molecule has 0 fully saturated rings. The molecule has 0 atom stereocenters. The Morgan fingerprint density at radius 3 is 1.26 bits per heavy atom. The molecule has 0 aliphatic rings. The number of phenolic OH excluding ortho intramolecular Hbond substituents is 1.